The van der Waals surface area contributed by atoms with Gasteiger partial charge in [-0.3, -0.25) is 0 Å². The lowest BCUT2D eigenvalue weighted by atomic mass is 9.73. The maximum absolute atomic E-state index is 13.1. The van der Waals surface area contributed by atoms with E-state index in [0.717, 1.165) is 67.1 Å². The zero-order chi connectivity index (χ0) is 38.3. The fourth-order valence-electron chi connectivity index (χ4n) is 7.08. The Morgan fingerprint density at radius 3 is 2.37 bits per heavy atom. The minimum Gasteiger partial charge on any atom is -0.444 e. The zero-order valence-corrected chi connectivity index (χ0v) is 35.8. The third-order valence-electron chi connectivity index (χ3n) is 11.8. The topological polar surface area (TPSA) is 93.5 Å². The van der Waals surface area contributed by atoms with E-state index in [9.17, 15) is 4.79 Å². The number of benzene rings is 1. The number of halogens is 1. The van der Waals surface area contributed by atoms with E-state index < -0.39 is 32.2 Å². The van der Waals surface area contributed by atoms with Gasteiger partial charge in [-0.15, -0.1) is 0 Å². The molecule has 3 fully saturated rings. The molecule has 0 aliphatic carbocycles. The van der Waals surface area contributed by atoms with Crippen molar-refractivity contribution in [1.29, 1.82) is 0 Å². The molecular formula is C39H65BClN3O7Si. The molecule has 0 radical (unpaired) electrons. The van der Waals surface area contributed by atoms with Crippen molar-refractivity contribution in [3.63, 3.8) is 0 Å². The highest BCUT2D eigenvalue weighted by Gasteiger charge is 2.53. The van der Waals surface area contributed by atoms with Gasteiger partial charge in [-0.2, -0.15) is 5.10 Å². The molecule has 2 aromatic rings. The average molecular weight is 762 g/mol. The highest BCUT2D eigenvalue weighted by atomic mass is 35.5. The summed E-state index contributed by atoms with van der Waals surface area (Å²) in [7, 11) is -2.71. The summed E-state index contributed by atoms with van der Waals surface area (Å²) in [6, 6.07) is 2.01. The number of nitrogens with zero attached hydrogens (tertiary/aromatic N) is 3. The van der Waals surface area contributed by atoms with E-state index in [1.807, 2.05) is 42.6 Å². The van der Waals surface area contributed by atoms with Gasteiger partial charge in [0, 0.05) is 42.6 Å². The minimum atomic E-state index is -2.10. The van der Waals surface area contributed by atoms with Crippen LogP contribution in [0.4, 0.5) is 4.79 Å². The van der Waals surface area contributed by atoms with Crippen molar-refractivity contribution in [2.45, 2.75) is 161 Å². The standard InChI is InChI=1S/C39H65BClN3O7Si/c1-36(2,3)48-35(45)43-20-15-16-27(26-43)32(49-52(11,12)37(4,5)6)19-23-46-22-18-28-30(41)24-31-29(25-42-44(31)33-17-13-14-21-47-33)34(28)40-50-38(7,8)39(9,10)51-40/h24-25,27,32-33H,13-23,26H2,1-12H3/t27-,32?,33?/m1/s1. The van der Waals surface area contributed by atoms with Gasteiger partial charge in [0.05, 0.1) is 35.6 Å². The summed E-state index contributed by atoms with van der Waals surface area (Å²) in [5.74, 6) is 0.204. The van der Waals surface area contributed by atoms with Gasteiger partial charge < -0.3 is 32.8 Å². The molecule has 52 heavy (non-hydrogen) atoms. The Balaban J connectivity index is 1.33. The fraction of sp³-hybridized carbons (Fsp3) is 0.795. The third-order valence-corrected chi connectivity index (χ3v) is 16.7. The second kappa shape index (κ2) is 15.8. The van der Waals surface area contributed by atoms with Gasteiger partial charge in [0.15, 0.2) is 14.5 Å². The van der Waals surface area contributed by atoms with E-state index in [2.05, 4.69) is 61.6 Å². The van der Waals surface area contributed by atoms with Gasteiger partial charge in [-0.25, -0.2) is 9.48 Å². The smallest absolute Gasteiger partial charge is 0.444 e. The summed E-state index contributed by atoms with van der Waals surface area (Å²) < 4.78 is 40.6. The van der Waals surface area contributed by atoms with Crippen molar-refractivity contribution in [2.75, 3.05) is 32.9 Å². The molecule has 3 aliphatic heterocycles. The Bertz CT molecular complexity index is 1530. The number of hydrogen-bond acceptors (Lipinski definition) is 8. The number of amides is 1. The van der Waals surface area contributed by atoms with Crippen molar-refractivity contribution in [1.82, 2.24) is 14.7 Å². The number of rotatable bonds is 11. The molecule has 3 saturated heterocycles. The molecule has 4 heterocycles. The van der Waals surface area contributed by atoms with E-state index >= 15 is 0 Å². The molecule has 1 aromatic carbocycles. The first-order valence-corrected chi connectivity index (χ1v) is 22.8. The quantitative estimate of drug-likeness (QED) is 0.166. The van der Waals surface area contributed by atoms with Crippen molar-refractivity contribution >= 4 is 49.5 Å². The van der Waals surface area contributed by atoms with E-state index in [1.165, 1.54) is 0 Å². The van der Waals surface area contributed by atoms with Crippen LogP contribution < -0.4 is 5.46 Å². The molecule has 10 nitrogen and oxygen atoms in total. The van der Waals surface area contributed by atoms with Crippen LogP contribution in [0.2, 0.25) is 23.2 Å². The molecule has 5 rings (SSSR count). The number of hydrogen-bond donors (Lipinski definition) is 0. The summed E-state index contributed by atoms with van der Waals surface area (Å²) in [6.45, 7) is 28.5. The van der Waals surface area contributed by atoms with Gasteiger partial charge in [0.1, 0.15) is 5.60 Å². The second-order valence-electron chi connectivity index (χ2n) is 18.6. The Kier molecular flexibility index (Phi) is 12.6. The molecule has 1 aromatic heterocycles. The van der Waals surface area contributed by atoms with Crippen LogP contribution in [0.3, 0.4) is 0 Å². The van der Waals surface area contributed by atoms with E-state index in [0.29, 0.717) is 37.7 Å². The molecule has 0 spiro atoms. The molecule has 3 atom stereocenters. The molecule has 2 unspecified atom stereocenters. The maximum Gasteiger partial charge on any atom is 0.495 e. The lowest BCUT2D eigenvalue weighted by molar-refractivity contribution is -0.0366. The van der Waals surface area contributed by atoms with Crippen LogP contribution in [-0.4, -0.2) is 92.0 Å². The first-order valence-electron chi connectivity index (χ1n) is 19.5. The first kappa shape index (κ1) is 41.5. The van der Waals surface area contributed by atoms with Crippen molar-refractivity contribution < 1.29 is 32.7 Å². The van der Waals surface area contributed by atoms with Crippen molar-refractivity contribution in [3.05, 3.63) is 22.8 Å². The number of carbonyl (C=O) groups excluding carboxylic acids is 1. The van der Waals surface area contributed by atoms with E-state index in [1.54, 1.807) is 0 Å². The largest absolute Gasteiger partial charge is 0.495 e. The Labute approximate surface area is 319 Å². The number of likely N-dealkylation sites (tertiary alicyclic amines) is 1. The van der Waals surface area contributed by atoms with Crippen LogP contribution in [-0.2, 0) is 34.4 Å². The van der Waals surface area contributed by atoms with Crippen molar-refractivity contribution in [3.8, 4) is 0 Å². The predicted octanol–water partition coefficient (Wildman–Crippen LogP) is 8.67. The second-order valence-corrected chi connectivity index (χ2v) is 23.7. The number of fused-ring (bicyclic) bond motifs is 1. The van der Waals surface area contributed by atoms with Gasteiger partial charge in [-0.05, 0) is 129 Å². The lowest BCUT2D eigenvalue weighted by Gasteiger charge is -2.44. The Hall–Kier alpha value is -1.67. The van der Waals surface area contributed by atoms with Crippen LogP contribution >= 0.6 is 11.6 Å². The summed E-state index contributed by atoms with van der Waals surface area (Å²) in [5, 5.41) is 6.46. The van der Waals surface area contributed by atoms with Crippen LogP contribution in [0.5, 0.6) is 0 Å². The first-order chi connectivity index (χ1) is 24.1. The lowest BCUT2D eigenvalue weighted by Crippen LogP contribution is -2.50. The van der Waals surface area contributed by atoms with Gasteiger partial charge in [0.2, 0.25) is 0 Å². The van der Waals surface area contributed by atoms with E-state index in [-0.39, 0.29) is 29.4 Å². The minimum absolute atomic E-state index is 0.0285. The molecule has 1 amide bonds. The summed E-state index contributed by atoms with van der Waals surface area (Å²) in [4.78, 5) is 14.9. The molecule has 0 saturated carbocycles. The van der Waals surface area contributed by atoms with Crippen LogP contribution in [0.15, 0.2) is 12.3 Å². The maximum atomic E-state index is 13.1. The number of piperidine rings is 1. The van der Waals surface area contributed by atoms with Crippen LogP contribution in [0, 0.1) is 5.92 Å². The highest BCUT2D eigenvalue weighted by Crippen LogP contribution is 2.41. The number of carbonyl (C=O) groups is 1. The zero-order valence-electron chi connectivity index (χ0n) is 34.0. The molecule has 0 N–H and O–H groups in total. The van der Waals surface area contributed by atoms with E-state index in [4.69, 9.17) is 44.6 Å². The third kappa shape index (κ3) is 9.40. The normalized spacial score (nSPS) is 23.3. The number of aromatic nitrogens is 2. The van der Waals surface area contributed by atoms with Gasteiger partial charge in [-0.1, -0.05) is 32.4 Å². The molecule has 0 bridgehead atoms. The summed E-state index contributed by atoms with van der Waals surface area (Å²) in [6.07, 6.45) is 7.84. The van der Waals surface area contributed by atoms with Crippen molar-refractivity contribution in [2.24, 2.45) is 5.92 Å². The monoisotopic (exact) mass is 761 g/mol. The Morgan fingerprint density at radius 2 is 1.75 bits per heavy atom. The summed E-state index contributed by atoms with van der Waals surface area (Å²) in [5.41, 5.74) is 1.22. The molecular weight excluding hydrogens is 697 g/mol. The SMILES string of the molecule is CC(C)(C)OC(=O)N1CCC[C@@H](C(CCOCCc2c(Cl)cc3c(cnn3C3CCCCO3)c2B2OC(C)(C)C(C)(C)O2)O[Si](C)(C)C(C)(C)C)C1. The molecule has 292 valence electrons. The van der Waals surface area contributed by atoms with Crippen LogP contribution in [0.25, 0.3) is 10.9 Å². The van der Waals surface area contributed by atoms with Crippen LogP contribution in [0.1, 0.15) is 120 Å². The molecule has 13 heteroatoms. The highest BCUT2D eigenvalue weighted by molar-refractivity contribution is 6.74. The fourth-order valence-corrected chi connectivity index (χ4v) is 8.80. The molecule has 3 aliphatic rings. The van der Waals surface area contributed by atoms with Gasteiger partial charge in [0.25, 0.3) is 0 Å². The average Bonchev–Trinajstić information content (AvgIpc) is 3.55. The Morgan fingerprint density at radius 1 is 1.06 bits per heavy atom. The predicted molar refractivity (Wildman–Crippen MR) is 211 cm³/mol. The number of ether oxygens (including phenoxy) is 3. The summed E-state index contributed by atoms with van der Waals surface area (Å²) >= 11 is 7.15. The van der Waals surface area contributed by atoms with Gasteiger partial charge >= 0.3 is 13.2 Å².